The SMILES string of the molecule is COc1ccc(-c2cc(C(=O)N[C@@H](C(=O)NCCN(C)C)C(C)C)no2)c(OC)c1. The summed E-state index contributed by atoms with van der Waals surface area (Å²) < 4.78 is 15.9. The number of aromatic nitrogens is 1. The standard InChI is InChI=1S/C21H30N4O5/c1-13(2)19(21(27)22-9-10-25(3)4)23-20(26)16-12-18(30-24-16)15-8-7-14(28-5)11-17(15)29-6/h7-8,11-13,19H,9-10H2,1-6H3,(H,22,27)(H,23,26)/t19-/m1/s1. The first-order valence-corrected chi connectivity index (χ1v) is 9.69. The number of carbonyl (C=O) groups is 2. The minimum absolute atomic E-state index is 0.0783. The molecule has 2 amide bonds. The number of carbonyl (C=O) groups excluding carboxylic acids is 2. The number of nitrogens with one attached hydrogen (secondary N) is 2. The van der Waals surface area contributed by atoms with Crippen LogP contribution in [-0.2, 0) is 4.79 Å². The van der Waals surface area contributed by atoms with Crippen LogP contribution in [0.25, 0.3) is 11.3 Å². The second-order valence-electron chi connectivity index (χ2n) is 7.43. The van der Waals surface area contributed by atoms with Gasteiger partial charge >= 0.3 is 0 Å². The maximum Gasteiger partial charge on any atom is 0.274 e. The number of nitrogens with zero attached hydrogens (tertiary/aromatic N) is 2. The summed E-state index contributed by atoms with van der Waals surface area (Å²) in [5.74, 6) is 0.711. The smallest absolute Gasteiger partial charge is 0.274 e. The maximum absolute atomic E-state index is 12.7. The Kier molecular flexibility index (Phi) is 8.23. The lowest BCUT2D eigenvalue weighted by Crippen LogP contribution is -2.50. The van der Waals surface area contributed by atoms with Crippen LogP contribution in [0.5, 0.6) is 11.5 Å². The summed E-state index contributed by atoms with van der Waals surface area (Å²) in [5.41, 5.74) is 0.710. The lowest BCUT2D eigenvalue weighted by molar-refractivity contribution is -0.123. The zero-order valence-electron chi connectivity index (χ0n) is 18.3. The molecule has 164 valence electrons. The molecule has 0 spiro atoms. The van der Waals surface area contributed by atoms with Crippen molar-refractivity contribution in [3.8, 4) is 22.8 Å². The molecule has 1 heterocycles. The summed E-state index contributed by atoms with van der Waals surface area (Å²) in [6.07, 6.45) is 0. The van der Waals surface area contributed by atoms with Crippen molar-refractivity contribution in [3.63, 3.8) is 0 Å². The van der Waals surface area contributed by atoms with Crippen LogP contribution < -0.4 is 20.1 Å². The number of hydrogen-bond acceptors (Lipinski definition) is 7. The maximum atomic E-state index is 12.7. The highest BCUT2D eigenvalue weighted by molar-refractivity contribution is 5.96. The van der Waals surface area contributed by atoms with Crippen molar-refractivity contribution < 1.29 is 23.6 Å². The minimum Gasteiger partial charge on any atom is -0.497 e. The molecule has 0 aliphatic carbocycles. The minimum atomic E-state index is -0.685. The molecule has 30 heavy (non-hydrogen) atoms. The molecule has 0 fully saturated rings. The molecule has 9 nitrogen and oxygen atoms in total. The Morgan fingerprint density at radius 2 is 1.90 bits per heavy atom. The molecular weight excluding hydrogens is 388 g/mol. The number of ether oxygens (including phenoxy) is 2. The van der Waals surface area contributed by atoms with Gasteiger partial charge in [0.1, 0.15) is 17.5 Å². The van der Waals surface area contributed by atoms with Gasteiger partial charge in [-0.15, -0.1) is 0 Å². The first-order valence-electron chi connectivity index (χ1n) is 9.69. The third kappa shape index (κ3) is 5.96. The van der Waals surface area contributed by atoms with Gasteiger partial charge < -0.3 is 29.5 Å². The molecule has 0 radical (unpaired) electrons. The molecule has 2 rings (SSSR count). The van der Waals surface area contributed by atoms with Gasteiger partial charge in [0.05, 0.1) is 19.8 Å². The van der Waals surface area contributed by atoms with E-state index in [9.17, 15) is 9.59 Å². The average molecular weight is 418 g/mol. The van der Waals surface area contributed by atoms with E-state index in [1.54, 1.807) is 25.3 Å². The number of likely N-dealkylation sites (N-methyl/N-ethyl adjacent to an activating group) is 1. The average Bonchev–Trinajstić information content (AvgIpc) is 3.20. The monoisotopic (exact) mass is 418 g/mol. The van der Waals surface area contributed by atoms with Crippen molar-refractivity contribution in [1.82, 2.24) is 20.7 Å². The predicted molar refractivity (Wildman–Crippen MR) is 113 cm³/mol. The molecule has 1 aromatic carbocycles. The summed E-state index contributed by atoms with van der Waals surface area (Å²) in [5, 5.41) is 9.44. The Hall–Kier alpha value is -3.07. The summed E-state index contributed by atoms with van der Waals surface area (Å²) in [4.78, 5) is 27.1. The number of benzene rings is 1. The summed E-state index contributed by atoms with van der Waals surface area (Å²) in [6, 6.07) is 6.06. The van der Waals surface area contributed by atoms with E-state index in [1.807, 2.05) is 32.8 Å². The Morgan fingerprint density at radius 1 is 1.17 bits per heavy atom. The molecule has 0 bridgehead atoms. The Bertz CT molecular complexity index is 863. The molecule has 2 N–H and O–H groups in total. The van der Waals surface area contributed by atoms with Crippen LogP contribution in [0.4, 0.5) is 0 Å². The lowest BCUT2D eigenvalue weighted by atomic mass is 10.0. The number of methoxy groups -OCH3 is 2. The second kappa shape index (κ2) is 10.6. The van der Waals surface area contributed by atoms with Crippen molar-refractivity contribution in [3.05, 3.63) is 30.0 Å². The Balaban J connectivity index is 2.12. The van der Waals surface area contributed by atoms with E-state index in [0.29, 0.717) is 35.9 Å². The van der Waals surface area contributed by atoms with Gasteiger partial charge in [0, 0.05) is 25.2 Å². The van der Waals surface area contributed by atoms with E-state index in [0.717, 1.165) is 0 Å². The summed E-state index contributed by atoms with van der Waals surface area (Å²) in [6.45, 7) is 4.94. The first-order chi connectivity index (χ1) is 14.3. The van der Waals surface area contributed by atoms with Gasteiger partial charge in [-0.3, -0.25) is 9.59 Å². The highest BCUT2D eigenvalue weighted by Crippen LogP contribution is 2.33. The highest BCUT2D eigenvalue weighted by Gasteiger charge is 2.26. The van der Waals surface area contributed by atoms with E-state index < -0.39 is 11.9 Å². The van der Waals surface area contributed by atoms with Gasteiger partial charge in [-0.25, -0.2) is 0 Å². The van der Waals surface area contributed by atoms with Crippen molar-refractivity contribution in [1.29, 1.82) is 0 Å². The van der Waals surface area contributed by atoms with Crippen LogP contribution in [0.1, 0.15) is 24.3 Å². The van der Waals surface area contributed by atoms with E-state index in [-0.39, 0.29) is 17.5 Å². The van der Waals surface area contributed by atoms with Gasteiger partial charge in [-0.05, 0) is 32.1 Å². The largest absolute Gasteiger partial charge is 0.497 e. The fourth-order valence-electron chi connectivity index (χ4n) is 2.77. The summed E-state index contributed by atoms with van der Waals surface area (Å²) >= 11 is 0. The van der Waals surface area contributed by atoms with Crippen molar-refractivity contribution >= 4 is 11.8 Å². The van der Waals surface area contributed by atoms with E-state index >= 15 is 0 Å². The zero-order valence-corrected chi connectivity index (χ0v) is 18.3. The third-order valence-corrected chi connectivity index (χ3v) is 4.51. The molecule has 0 saturated carbocycles. The van der Waals surface area contributed by atoms with Gasteiger partial charge in [0.15, 0.2) is 11.5 Å². The predicted octanol–water partition coefficient (Wildman–Crippen LogP) is 1.79. The van der Waals surface area contributed by atoms with Gasteiger partial charge in [0.2, 0.25) is 5.91 Å². The fourth-order valence-corrected chi connectivity index (χ4v) is 2.77. The second-order valence-corrected chi connectivity index (χ2v) is 7.43. The number of amides is 2. The van der Waals surface area contributed by atoms with E-state index in [1.165, 1.54) is 13.2 Å². The van der Waals surface area contributed by atoms with Crippen LogP contribution in [-0.4, -0.2) is 69.3 Å². The number of rotatable bonds is 10. The molecule has 1 aromatic heterocycles. The van der Waals surface area contributed by atoms with Crippen LogP contribution >= 0.6 is 0 Å². The van der Waals surface area contributed by atoms with Crippen molar-refractivity contribution in [2.45, 2.75) is 19.9 Å². The van der Waals surface area contributed by atoms with Gasteiger partial charge in [0.25, 0.3) is 5.91 Å². The normalized spacial score (nSPS) is 12.0. The van der Waals surface area contributed by atoms with E-state index in [2.05, 4.69) is 15.8 Å². The molecule has 0 aliphatic heterocycles. The van der Waals surface area contributed by atoms with E-state index in [4.69, 9.17) is 14.0 Å². The van der Waals surface area contributed by atoms with Gasteiger partial charge in [-0.1, -0.05) is 19.0 Å². The fraction of sp³-hybridized carbons (Fsp3) is 0.476. The molecule has 0 unspecified atom stereocenters. The van der Waals surface area contributed by atoms with Crippen molar-refractivity contribution in [2.24, 2.45) is 5.92 Å². The quantitative estimate of drug-likeness (QED) is 0.606. The highest BCUT2D eigenvalue weighted by atomic mass is 16.5. The van der Waals surface area contributed by atoms with Crippen LogP contribution in [0.2, 0.25) is 0 Å². The molecule has 0 saturated heterocycles. The van der Waals surface area contributed by atoms with Crippen LogP contribution in [0.15, 0.2) is 28.8 Å². The molecule has 1 atom stereocenters. The summed E-state index contributed by atoms with van der Waals surface area (Å²) in [7, 11) is 6.94. The lowest BCUT2D eigenvalue weighted by Gasteiger charge is -2.21. The molecule has 2 aromatic rings. The number of hydrogen-bond donors (Lipinski definition) is 2. The topological polar surface area (TPSA) is 106 Å². The Morgan fingerprint density at radius 3 is 2.50 bits per heavy atom. The first kappa shape index (κ1) is 23.2. The zero-order chi connectivity index (χ0) is 22.3. The van der Waals surface area contributed by atoms with Crippen LogP contribution in [0.3, 0.4) is 0 Å². The molecule has 0 aliphatic rings. The van der Waals surface area contributed by atoms with Crippen molar-refractivity contribution in [2.75, 3.05) is 41.4 Å². The van der Waals surface area contributed by atoms with Crippen LogP contribution in [0, 0.1) is 5.92 Å². The van der Waals surface area contributed by atoms with Gasteiger partial charge in [-0.2, -0.15) is 0 Å². The Labute approximate surface area is 176 Å². The molecular formula is C21H30N4O5. The molecule has 9 heteroatoms. The third-order valence-electron chi connectivity index (χ3n) is 4.51.